The Morgan fingerprint density at radius 2 is 2.22 bits per heavy atom. The molecule has 7 heteroatoms. The predicted molar refractivity (Wildman–Crippen MR) is 71.5 cm³/mol. The van der Waals surface area contributed by atoms with Gasteiger partial charge in [-0.1, -0.05) is 11.6 Å². The lowest BCUT2D eigenvalue weighted by Crippen LogP contribution is -2.42. The third-order valence-electron chi connectivity index (χ3n) is 3.47. The van der Waals surface area contributed by atoms with Gasteiger partial charge in [0.25, 0.3) is 0 Å². The summed E-state index contributed by atoms with van der Waals surface area (Å²) in [5, 5.41) is 8.14. The van der Waals surface area contributed by atoms with E-state index in [1.807, 2.05) is 13.8 Å². The molecule has 1 aliphatic heterocycles. The molecule has 1 saturated heterocycles. The van der Waals surface area contributed by atoms with Crippen molar-refractivity contribution in [2.75, 3.05) is 11.5 Å². The molecule has 1 aliphatic rings. The molecule has 0 radical (unpaired) electrons. The Morgan fingerprint density at radius 1 is 1.56 bits per heavy atom. The SMILES string of the molecule is Cc1nn(C)c(Cl)c1CNC1(C)CCS(=O)(=O)C1. The number of aromatic nitrogens is 2. The molecule has 0 bridgehead atoms. The van der Waals surface area contributed by atoms with Gasteiger partial charge in [0, 0.05) is 24.7 Å². The van der Waals surface area contributed by atoms with E-state index in [4.69, 9.17) is 11.6 Å². The van der Waals surface area contributed by atoms with Crippen LogP contribution in [-0.2, 0) is 23.4 Å². The van der Waals surface area contributed by atoms with Gasteiger partial charge in [0.2, 0.25) is 0 Å². The average Bonchev–Trinajstić information content (AvgIpc) is 2.65. The number of aryl methyl sites for hydroxylation is 2. The number of hydrogen-bond donors (Lipinski definition) is 1. The monoisotopic (exact) mass is 291 g/mol. The third kappa shape index (κ3) is 2.70. The molecule has 18 heavy (non-hydrogen) atoms. The molecule has 2 rings (SSSR count). The fourth-order valence-corrected chi connectivity index (χ4v) is 4.69. The van der Waals surface area contributed by atoms with Crippen LogP contribution in [0.3, 0.4) is 0 Å². The first-order valence-electron chi connectivity index (χ1n) is 5.86. The highest BCUT2D eigenvalue weighted by Gasteiger charge is 2.38. The van der Waals surface area contributed by atoms with E-state index in [0.29, 0.717) is 18.1 Å². The quantitative estimate of drug-likeness (QED) is 0.904. The van der Waals surface area contributed by atoms with Gasteiger partial charge in [0.1, 0.15) is 5.15 Å². The van der Waals surface area contributed by atoms with Crippen molar-refractivity contribution in [3.63, 3.8) is 0 Å². The summed E-state index contributed by atoms with van der Waals surface area (Å²) < 4.78 is 24.7. The molecule has 0 aliphatic carbocycles. The van der Waals surface area contributed by atoms with Gasteiger partial charge in [-0.3, -0.25) is 4.68 Å². The summed E-state index contributed by atoms with van der Waals surface area (Å²) in [7, 11) is -1.10. The number of rotatable bonds is 3. The molecule has 1 fully saturated rings. The molecular formula is C11H18ClN3O2S. The van der Waals surface area contributed by atoms with Crippen LogP contribution < -0.4 is 5.32 Å². The van der Waals surface area contributed by atoms with Gasteiger partial charge in [-0.25, -0.2) is 8.42 Å². The van der Waals surface area contributed by atoms with Gasteiger partial charge in [-0.05, 0) is 20.3 Å². The van der Waals surface area contributed by atoms with Crippen LogP contribution in [0.25, 0.3) is 0 Å². The maximum atomic E-state index is 11.5. The maximum absolute atomic E-state index is 11.5. The summed E-state index contributed by atoms with van der Waals surface area (Å²) in [5.74, 6) is 0.452. The molecule has 5 nitrogen and oxygen atoms in total. The Hall–Kier alpha value is -0.590. The molecule has 2 heterocycles. The van der Waals surface area contributed by atoms with E-state index in [1.165, 1.54) is 0 Å². The Labute approximate surface area is 112 Å². The Morgan fingerprint density at radius 3 is 2.67 bits per heavy atom. The van der Waals surface area contributed by atoms with E-state index in [9.17, 15) is 8.42 Å². The van der Waals surface area contributed by atoms with Crippen molar-refractivity contribution in [3.05, 3.63) is 16.4 Å². The zero-order chi connectivity index (χ0) is 13.6. The highest BCUT2D eigenvalue weighted by atomic mass is 35.5. The average molecular weight is 292 g/mol. The van der Waals surface area contributed by atoms with Crippen LogP contribution in [-0.4, -0.2) is 35.2 Å². The van der Waals surface area contributed by atoms with Crippen molar-refractivity contribution in [3.8, 4) is 0 Å². The normalized spacial score (nSPS) is 26.7. The van der Waals surface area contributed by atoms with E-state index in [-0.39, 0.29) is 17.0 Å². The molecule has 1 aromatic heterocycles. The molecule has 1 atom stereocenters. The summed E-state index contributed by atoms with van der Waals surface area (Å²) in [4.78, 5) is 0. The van der Waals surface area contributed by atoms with E-state index in [2.05, 4.69) is 10.4 Å². The van der Waals surface area contributed by atoms with E-state index in [1.54, 1.807) is 11.7 Å². The van der Waals surface area contributed by atoms with E-state index in [0.717, 1.165) is 11.3 Å². The number of nitrogens with zero attached hydrogens (tertiary/aromatic N) is 2. The first-order valence-corrected chi connectivity index (χ1v) is 8.06. The Kier molecular flexibility index (Phi) is 3.46. The van der Waals surface area contributed by atoms with Crippen molar-refractivity contribution < 1.29 is 8.42 Å². The second kappa shape index (κ2) is 4.51. The van der Waals surface area contributed by atoms with Crippen molar-refractivity contribution in [1.29, 1.82) is 0 Å². The van der Waals surface area contributed by atoms with Crippen molar-refractivity contribution in [1.82, 2.24) is 15.1 Å². The number of hydrogen-bond acceptors (Lipinski definition) is 4. The minimum Gasteiger partial charge on any atom is -0.306 e. The highest BCUT2D eigenvalue weighted by molar-refractivity contribution is 7.91. The lowest BCUT2D eigenvalue weighted by Gasteiger charge is -2.23. The molecular weight excluding hydrogens is 274 g/mol. The largest absolute Gasteiger partial charge is 0.306 e. The molecule has 0 saturated carbocycles. The summed E-state index contributed by atoms with van der Waals surface area (Å²) in [5.41, 5.74) is 1.45. The van der Waals surface area contributed by atoms with Crippen LogP contribution >= 0.6 is 11.6 Å². The molecule has 1 unspecified atom stereocenters. The summed E-state index contributed by atoms with van der Waals surface area (Å²) in [6.07, 6.45) is 0.645. The summed E-state index contributed by atoms with van der Waals surface area (Å²) >= 11 is 6.14. The zero-order valence-corrected chi connectivity index (χ0v) is 12.4. The maximum Gasteiger partial charge on any atom is 0.152 e. The molecule has 0 aromatic carbocycles. The molecule has 1 N–H and O–H groups in total. The van der Waals surface area contributed by atoms with Crippen LogP contribution in [0.4, 0.5) is 0 Å². The van der Waals surface area contributed by atoms with Gasteiger partial charge in [-0.2, -0.15) is 5.10 Å². The molecule has 102 valence electrons. The standard InChI is InChI=1S/C11H18ClN3O2S/c1-8-9(10(12)15(3)14-8)6-13-11(2)4-5-18(16,17)7-11/h13H,4-7H2,1-3H3. The number of nitrogens with one attached hydrogen (secondary N) is 1. The lowest BCUT2D eigenvalue weighted by molar-refractivity contribution is 0.395. The van der Waals surface area contributed by atoms with Gasteiger partial charge in [-0.15, -0.1) is 0 Å². The second-order valence-corrected chi connectivity index (χ2v) is 7.78. The predicted octanol–water partition coefficient (Wildman–Crippen LogP) is 1.05. The molecule has 1 aromatic rings. The van der Waals surface area contributed by atoms with Crippen LogP contribution in [0, 0.1) is 6.92 Å². The summed E-state index contributed by atoms with van der Waals surface area (Å²) in [6.45, 7) is 4.39. The van der Waals surface area contributed by atoms with E-state index < -0.39 is 9.84 Å². The molecule has 0 amide bonds. The van der Waals surface area contributed by atoms with Crippen molar-refractivity contribution in [2.24, 2.45) is 7.05 Å². The van der Waals surface area contributed by atoms with Crippen molar-refractivity contribution >= 4 is 21.4 Å². The van der Waals surface area contributed by atoms with Gasteiger partial charge in [0.15, 0.2) is 9.84 Å². The fourth-order valence-electron chi connectivity index (χ4n) is 2.33. The zero-order valence-electron chi connectivity index (χ0n) is 10.8. The third-order valence-corrected chi connectivity index (χ3v) is 5.84. The van der Waals surface area contributed by atoms with Crippen LogP contribution in [0.2, 0.25) is 5.15 Å². The lowest BCUT2D eigenvalue weighted by atomic mass is 10.0. The highest BCUT2D eigenvalue weighted by Crippen LogP contribution is 2.25. The van der Waals surface area contributed by atoms with Gasteiger partial charge in [0.05, 0.1) is 17.2 Å². The van der Waals surface area contributed by atoms with E-state index >= 15 is 0 Å². The fraction of sp³-hybridized carbons (Fsp3) is 0.727. The van der Waals surface area contributed by atoms with Crippen molar-refractivity contribution in [2.45, 2.75) is 32.4 Å². The smallest absolute Gasteiger partial charge is 0.152 e. The summed E-state index contributed by atoms with van der Waals surface area (Å²) in [6, 6.07) is 0. The topological polar surface area (TPSA) is 64.0 Å². The van der Waals surface area contributed by atoms with Gasteiger partial charge < -0.3 is 5.32 Å². The first-order chi connectivity index (χ1) is 8.22. The first kappa shape index (κ1) is 13.8. The van der Waals surface area contributed by atoms with Crippen LogP contribution in [0.15, 0.2) is 0 Å². The van der Waals surface area contributed by atoms with Gasteiger partial charge >= 0.3 is 0 Å². The number of sulfone groups is 1. The Balaban J connectivity index is 2.09. The second-order valence-electron chi connectivity index (χ2n) is 5.23. The number of halogens is 1. The minimum absolute atomic E-state index is 0.191. The minimum atomic E-state index is -2.89. The van der Waals surface area contributed by atoms with Crippen LogP contribution in [0.5, 0.6) is 0 Å². The van der Waals surface area contributed by atoms with Crippen LogP contribution in [0.1, 0.15) is 24.6 Å². The molecule has 0 spiro atoms. The Bertz CT molecular complexity index is 567.